The average Bonchev–Trinajstić information content (AvgIpc) is 2.83. The van der Waals surface area contributed by atoms with E-state index >= 15 is 0 Å². The van der Waals surface area contributed by atoms with Gasteiger partial charge in [-0.15, -0.1) is 0 Å². The molecule has 0 radical (unpaired) electrons. The molecule has 0 unspecified atom stereocenters. The van der Waals surface area contributed by atoms with E-state index in [-0.39, 0.29) is 0 Å². The molecular formula is C16H21N3. The molecule has 1 aliphatic heterocycles. The molecule has 1 aromatic heterocycles. The van der Waals surface area contributed by atoms with Gasteiger partial charge in [-0.3, -0.25) is 4.99 Å². The molecule has 3 nitrogen and oxygen atoms in total. The van der Waals surface area contributed by atoms with Crippen molar-refractivity contribution < 1.29 is 0 Å². The van der Waals surface area contributed by atoms with E-state index in [4.69, 9.17) is 0 Å². The van der Waals surface area contributed by atoms with Gasteiger partial charge in [0.05, 0.1) is 6.54 Å². The van der Waals surface area contributed by atoms with Crippen molar-refractivity contribution in [3.63, 3.8) is 0 Å². The summed E-state index contributed by atoms with van der Waals surface area (Å²) < 4.78 is 0. The molecule has 1 saturated carbocycles. The van der Waals surface area contributed by atoms with Gasteiger partial charge in [-0.05, 0) is 49.2 Å². The normalized spacial score (nSPS) is 18.8. The van der Waals surface area contributed by atoms with Crippen LogP contribution >= 0.6 is 0 Å². The summed E-state index contributed by atoms with van der Waals surface area (Å²) in [5.41, 5.74) is 5.25. The summed E-state index contributed by atoms with van der Waals surface area (Å²) >= 11 is 0. The molecule has 0 amide bonds. The van der Waals surface area contributed by atoms with Gasteiger partial charge < -0.3 is 0 Å². The Labute approximate surface area is 114 Å². The number of hydrogen-bond acceptors (Lipinski definition) is 3. The molecule has 1 fully saturated rings. The van der Waals surface area contributed by atoms with Crippen LogP contribution in [0.25, 0.3) is 5.57 Å². The minimum atomic E-state index is 0.649. The average molecular weight is 255 g/mol. The van der Waals surface area contributed by atoms with Crippen LogP contribution in [0.3, 0.4) is 0 Å². The third kappa shape index (κ3) is 2.60. The molecule has 0 atom stereocenters. The number of fused-ring (bicyclic) bond motifs is 1. The first-order chi connectivity index (χ1) is 9.24. The molecule has 1 aromatic rings. The van der Waals surface area contributed by atoms with Crippen LogP contribution in [0.1, 0.15) is 50.9 Å². The summed E-state index contributed by atoms with van der Waals surface area (Å²) in [5.74, 6) is 1.54. The highest BCUT2D eigenvalue weighted by Crippen LogP contribution is 2.32. The van der Waals surface area contributed by atoms with Crippen LogP contribution in [0.15, 0.2) is 23.0 Å². The predicted octanol–water partition coefficient (Wildman–Crippen LogP) is 3.46. The molecule has 0 bridgehead atoms. The predicted molar refractivity (Wildman–Crippen MR) is 78.3 cm³/mol. The number of nitrogens with zero attached hydrogens (tertiary/aromatic N) is 3. The zero-order valence-electron chi connectivity index (χ0n) is 11.8. The monoisotopic (exact) mass is 255 g/mol. The lowest BCUT2D eigenvalue weighted by Crippen LogP contribution is -2.08. The molecule has 0 aromatic carbocycles. The molecule has 0 N–H and O–H groups in total. The highest BCUT2D eigenvalue weighted by molar-refractivity contribution is 6.09. The Kier molecular flexibility index (Phi) is 3.45. The maximum atomic E-state index is 4.65. The van der Waals surface area contributed by atoms with Crippen molar-refractivity contribution in [2.45, 2.75) is 46.0 Å². The summed E-state index contributed by atoms with van der Waals surface area (Å²) in [5, 5.41) is 0. The quantitative estimate of drug-likeness (QED) is 0.829. The van der Waals surface area contributed by atoms with E-state index in [0.29, 0.717) is 5.92 Å². The summed E-state index contributed by atoms with van der Waals surface area (Å²) in [6.45, 7) is 5.23. The van der Waals surface area contributed by atoms with Crippen LogP contribution in [0.4, 0.5) is 0 Å². The maximum absolute atomic E-state index is 4.65. The van der Waals surface area contributed by atoms with E-state index in [0.717, 1.165) is 31.6 Å². The molecule has 2 aliphatic rings. The largest absolute Gasteiger partial charge is 0.285 e. The van der Waals surface area contributed by atoms with Gasteiger partial charge in [0.2, 0.25) is 0 Å². The SMILES string of the molecule is CC(C)Cc1cnc(C2=C3CCCCC3=NC2)nc1. The van der Waals surface area contributed by atoms with Crippen molar-refractivity contribution in [3.05, 3.63) is 29.4 Å². The van der Waals surface area contributed by atoms with Gasteiger partial charge in [0, 0.05) is 23.7 Å². The third-order valence-corrected chi connectivity index (χ3v) is 3.85. The first-order valence-corrected chi connectivity index (χ1v) is 7.31. The topological polar surface area (TPSA) is 38.1 Å². The number of allylic oxidation sites excluding steroid dienone is 1. The van der Waals surface area contributed by atoms with Crippen LogP contribution in [0.2, 0.25) is 0 Å². The number of aliphatic imine (C=N–C) groups is 1. The highest BCUT2D eigenvalue weighted by atomic mass is 14.9. The molecular weight excluding hydrogens is 234 g/mol. The van der Waals surface area contributed by atoms with Gasteiger partial charge in [-0.2, -0.15) is 0 Å². The summed E-state index contributed by atoms with van der Waals surface area (Å²) in [7, 11) is 0. The second kappa shape index (κ2) is 5.24. The lowest BCUT2D eigenvalue weighted by atomic mass is 9.91. The van der Waals surface area contributed by atoms with Crippen molar-refractivity contribution in [3.8, 4) is 0 Å². The second-order valence-corrected chi connectivity index (χ2v) is 5.94. The Morgan fingerprint density at radius 2 is 1.79 bits per heavy atom. The fourth-order valence-corrected chi connectivity index (χ4v) is 2.95. The van der Waals surface area contributed by atoms with Gasteiger partial charge >= 0.3 is 0 Å². The van der Waals surface area contributed by atoms with E-state index in [1.165, 1.54) is 35.3 Å². The van der Waals surface area contributed by atoms with Crippen molar-refractivity contribution in [2.75, 3.05) is 6.54 Å². The van der Waals surface area contributed by atoms with E-state index in [1.54, 1.807) is 0 Å². The maximum Gasteiger partial charge on any atom is 0.157 e. The lowest BCUT2D eigenvalue weighted by Gasteiger charge is -2.14. The van der Waals surface area contributed by atoms with E-state index in [2.05, 4.69) is 28.8 Å². The van der Waals surface area contributed by atoms with Gasteiger partial charge in [-0.1, -0.05) is 13.8 Å². The van der Waals surface area contributed by atoms with Gasteiger partial charge in [0.25, 0.3) is 0 Å². The number of rotatable bonds is 3. The first kappa shape index (κ1) is 12.5. The standard InChI is InChI=1S/C16H21N3/c1-11(2)7-12-8-18-16(19-9-12)14-10-17-15-6-4-3-5-13(14)15/h8-9,11H,3-7,10H2,1-2H3. The molecule has 3 rings (SSSR count). The minimum Gasteiger partial charge on any atom is -0.285 e. The van der Waals surface area contributed by atoms with Crippen LogP contribution in [-0.2, 0) is 6.42 Å². The summed E-state index contributed by atoms with van der Waals surface area (Å²) in [4.78, 5) is 13.8. The molecule has 0 spiro atoms. The Balaban J connectivity index is 1.83. The van der Waals surface area contributed by atoms with Crippen LogP contribution in [0.5, 0.6) is 0 Å². The van der Waals surface area contributed by atoms with Crippen molar-refractivity contribution in [2.24, 2.45) is 10.9 Å². The lowest BCUT2D eigenvalue weighted by molar-refractivity contribution is 0.643. The molecule has 3 heteroatoms. The van der Waals surface area contributed by atoms with E-state index in [1.807, 2.05) is 12.4 Å². The first-order valence-electron chi connectivity index (χ1n) is 7.31. The molecule has 2 heterocycles. The number of aromatic nitrogens is 2. The second-order valence-electron chi connectivity index (χ2n) is 5.94. The van der Waals surface area contributed by atoms with Gasteiger partial charge in [0.15, 0.2) is 5.82 Å². The number of hydrogen-bond donors (Lipinski definition) is 0. The van der Waals surface area contributed by atoms with Gasteiger partial charge in [-0.25, -0.2) is 9.97 Å². The zero-order chi connectivity index (χ0) is 13.2. The molecule has 100 valence electrons. The van der Waals surface area contributed by atoms with Crippen LogP contribution in [-0.4, -0.2) is 22.2 Å². The van der Waals surface area contributed by atoms with E-state index < -0.39 is 0 Å². The summed E-state index contributed by atoms with van der Waals surface area (Å²) in [6.07, 6.45) is 9.88. The van der Waals surface area contributed by atoms with Crippen molar-refractivity contribution >= 4 is 11.3 Å². The smallest absolute Gasteiger partial charge is 0.157 e. The summed E-state index contributed by atoms with van der Waals surface area (Å²) in [6, 6.07) is 0. The Bertz CT molecular complexity index is 523. The Morgan fingerprint density at radius 3 is 2.53 bits per heavy atom. The van der Waals surface area contributed by atoms with Crippen LogP contribution < -0.4 is 0 Å². The van der Waals surface area contributed by atoms with Crippen molar-refractivity contribution in [1.29, 1.82) is 0 Å². The highest BCUT2D eigenvalue weighted by Gasteiger charge is 2.24. The third-order valence-electron chi connectivity index (χ3n) is 3.85. The fourth-order valence-electron chi connectivity index (χ4n) is 2.95. The zero-order valence-corrected chi connectivity index (χ0v) is 11.8. The molecule has 19 heavy (non-hydrogen) atoms. The van der Waals surface area contributed by atoms with Crippen LogP contribution in [0, 0.1) is 5.92 Å². The minimum absolute atomic E-state index is 0.649. The van der Waals surface area contributed by atoms with Gasteiger partial charge in [0.1, 0.15) is 0 Å². The Hall–Kier alpha value is -1.51. The van der Waals surface area contributed by atoms with E-state index in [9.17, 15) is 0 Å². The fraction of sp³-hybridized carbons (Fsp3) is 0.562. The van der Waals surface area contributed by atoms with Crippen molar-refractivity contribution in [1.82, 2.24) is 9.97 Å². The Morgan fingerprint density at radius 1 is 1.05 bits per heavy atom. The molecule has 1 aliphatic carbocycles. The molecule has 0 saturated heterocycles.